The number of hydrogen-bond acceptors (Lipinski definition) is 2. The molecule has 0 spiro atoms. The van der Waals surface area contributed by atoms with E-state index in [1.54, 1.807) is 0 Å². The second-order valence-corrected chi connectivity index (χ2v) is 5.31. The lowest BCUT2D eigenvalue weighted by Crippen LogP contribution is -2.22. The second-order valence-electron chi connectivity index (χ2n) is 4.87. The molecular formula is C14H16ClNO. The van der Waals surface area contributed by atoms with E-state index in [2.05, 4.69) is 5.16 Å². The summed E-state index contributed by atoms with van der Waals surface area (Å²) in [6.45, 7) is 0. The van der Waals surface area contributed by atoms with Crippen molar-refractivity contribution < 1.29 is 4.84 Å². The van der Waals surface area contributed by atoms with E-state index >= 15 is 0 Å². The van der Waals surface area contributed by atoms with Gasteiger partial charge in [-0.2, -0.15) is 0 Å². The van der Waals surface area contributed by atoms with E-state index < -0.39 is 0 Å². The van der Waals surface area contributed by atoms with Gasteiger partial charge in [0.25, 0.3) is 0 Å². The van der Waals surface area contributed by atoms with Crippen LogP contribution in [0.15, 0.2) is 29.4 Å². The standard InChI is InChI=1S/C14H16ClNO/c15-11-8-6-10(7-9-11)14-12-4-2-1-3-5-13(12)17-16-14/h6-9,12-13H,1-5H2/t12-,13+/m0/s1. The Bertz CT molecular complexity index is 426. The third kappa shape index (κ3) is 2.19. The Balaban J connectivity index is 1.85. The molecule has 0 saturated heterocycles. The van der Waals surface area contributed by atoms with Gasteiger partial charge in [-0.15, -0.1) is 0 Å². The van der Waals surface area contributed by atoms with Gasteiger partial charge in [-0.25, -0.2) is 0 Å². The zero-order valence-electron chi connectivity index (χ0n) is 9.73. The van der Waals surface area contributed by atoms with Crippen molar-refractivity contribution in [3.63, 3.8) is 0 Å². The first-order chi connectivity index (χ1) is 8.34. The van der Waals surface area contributed by atoms with Crippen LogP contribution in [-0.2, 0) is 4.84 Å². The highest BCUT2D eigenvalue weighted by molar-refractivity contribution is 6.30. The third-order valence-corrected chi connectivity index (χ3v) is 3.98. The Morgan fingerprint density at radius 3 is 2.65 bits per heavy atom. The Morgan fingerprint density at radius 1 is 1.06 bits per heavy atom. The number of nitrogens with zero attached hydrogens (tertiary/aromatic N) is 1. The zero-order valence-corrected chi connectivity index (χ0v) is 10.5. The number of rotatable bonds is 1. The van der Waals surface area contributed by atoms with Crippen LogP contribution in [0.1, 0.15) is 37.7 Å². The molecule has 1 aromatic carbocycles. The maximum atomic E-state index is 5.91. The van der Waals surface area contributed by atoms with Gasteiger partial charge < -0.3 is 4.84 Å². The van der Waals surface area contributed by atoms with Crippen molar-refractivity contribution >= 4 is 17.3 Å². The Kier molecular flexibility index (Phi) is 3.06. The highest BCUT2D eigenvalue weighted by Crippen LogP contribution is 2.33. The van der Waals surface area contributed by atoms with Crippen molar-refractivity contribution in [3.05, 3.63) is 34.9 Å². The number of halogens is 1. The summed E-state index contributed by atoms with van der Waals surface area (Å²) in [6, 6.07) is 7.92. The van der Waals surface area contributed by atoms with Crippen LogP contribution in [0, 0.1) is 5.92 Å². The fourth-order valence-corrected chi connectivity index (χ4v) is 2.92. The summed E-state index contributed by atoms with van der Waals surface area (Å²) in [6.07, 6.45) is 6.53. The summed E-state index contributed by atoms with van der Waals surface area (Å²) < 4.78 is 0. The van der Waals surface area contributed by atoms with Crippen molar-refractivity contribution in [2.24, 2.45) is 11.1 Å². The molecule has 3 heteroatoms. The number of fused-ring (bicyclic) bond motifs is 1. The summed E-state index contributed by atoms with van der Waals surface area (Å²) in [5, 5.41) is 5.06. The SMILES string of the molecule is Clc1ccc(C2=NO[C@@H]3CCCCC[C@H]23)cc1. The topological polar surface area (TPSA) is 21.6 Å². The van der Waals surface area contributed by atoms with Crippen molar-refractivity contribution in [2.45, 2.75) is 38.2 Å². The maximum absolute atomic E-state index is 5.91. The largest absolute Gasteiger partial charge is 0.392 e. The van der Waals surface area contributed by atoms with E-state index in [9.17, 15) is 0 Å². The Hall–Kier alpha value is -1.02. The smallest absolute Gasteiger partial charge is 0.136 e. The van der Waals surface area contributed by atoms with Crippen LogP contribution in [0.25, 0.3) is 0 Å². The molecule has 90 valence electrons. The molecule has 1 saturated carbocycles. The van der Waals surface area contributed by atoms with E-state index in [-0.39, 0.29) is 0 Å². The minimum Gasteiger partial charge on any atom is -0.392 e. The van der Waals surface area contributed by atoms with Gasteiger partial charge in [0.05, 0.1) is 5.71 Å². The molecule has 1 aliphatic heterocycles. The molecule has 0 amide bonds. The monoisotopic (exact) mass is 249 g/mol. The van der Waals surface area contributed by atoms with Gasteiger partial charge in [0.2, 0.25) is 0 Å². The molecule has 1 aromatic rings. The first-order valence-electron chi connectivity index (χ1n) is 6.34. The fraction of sp³-hybridized carbons (Fsp3) is 0.500. The molecule has 0 aromatic heterocycles. The molecule has 2 atom stereocenters. The number of benzene rings is 1. The molecule has 3 rings (SSSR count). The molecule has 17 heavy (non-hydrogen) atoms. The number of hydrogen-bond donors (Lipinski definition) is 0. The van der Waals surface area contributed by atoms with Gasteiger partial charge >= 0.3 is 0 Å². The molecular weight excluding hydrogens is 234 g/mol. The second kappa shape index (κ2) is 4.69. The van der Waals surface area contributed by atoms with Gasteiger partial charge in [-0.1, -0.05) is 41.7 Å². The molecule has 0 N–H and O–H groups in total. The third-order valence-electron chi connectivity index (χ3n) is 3.73. The summed E-state index contributed by atoms with van der Waals surface area (Å²) in [5.41, 5.74) is 2.28. The van der Waals surface area contributed by atoms with Crippen LogP contribution in [-0.4, -0.2) is 11.8 Å². The van der Waals surface area contributed by atoms with E-state index in [1.165, 1.54) is 25.7 Å². The predicted molar refractivity (Wildman–Crippen MR) is 69.4 cm³/mol. The molecule has 1 fully saturated rings. The van der Waals surface area contributed by atoms with E-state index in [1.807, 2.05) is 24.3 Å². The van der Waals surface area contributed by atoms with E-state index in [4.69, 9.17) is 16.4 Å². The highest BCUT2D eigenvalue weighted by atomic mass is 35.5. The maximum Gasteiger partial charge on any atom is 0.136 e. The van der Waals surface area contributed by atoms with Crippen molar-refractivity contribution in [3.8, 4) is 0 Å². The quantitative estimate of drug-likeness (QED) is 0.737. The van der Waals surface area contributed by atoms with Gasteiger partial charge in [0.1, 0.15) is 6.10 Å². The fourth-order valence-electron chi connectivity index (χ4n) is 2.79. The summed E-state index contributed by atoms with van der Waals surface area (Å²) in [7, 11) is 0. The summed E-state index contributed by atoms with van der Waals surface area (Å²) in [5.74, 6) is 0.485. The molecule has 2 aliphatic rings. The van der Waals surface area contributed by atoms with Gasteiger partial charge in [0.15, 0.2) is 0 Å². The van der Waals surface area contributed by atoms with Crippen LogP contribution in [0.3, 0.4) is 0 Å². The van der Waals surface area contributed by atoms with Gasteiger partial charge in [-0.3, -0.25) is 0 Å². The molecule has 0 unspecified atom stereocenters. The number of oxime groups is 1. The molecule has 0 radical (unpaired) electrons. The lowest BCUT2D eigenvalue weighted by atomic mass is 9.89. The van der Waals surface area contributed by atoms with E-state index in [0.717, 1.165) is 22.7 Å². The van der Waals surface area contributed by atoms with Crippen molar-refractivity contribution in [2.75, 3.05) is 0 Å². The van der Waals surface area contributed by atoms with Crippen molar-refractivity contribution in [1.29, 1.82) is 0 Å². The molecule has 2 nitrogen and oxygen atoms in total. The lowest BCUT2D eigenvalue weighted by Gasteiger charge is -2.15. The summed E-state index contributed by atoms with van der Waals surface area (Å²) in [4.78, 5) is 5.59. The first kappa shape index (κ1) is 11.1. The molecule has 0 bridgehead atoms. The normalized spacial score (nSPS) is 27.9. The van der Waals surface area contributed by atoms with Crippen LogP contribution in [0.5, 0.6) is 0 Å². The Morgan fingerprint density at radius 2 is 1.82 bits per heavy atom. The first-order valence-corrected chi connectivity index (χ1v) is 6.72. The van der Waals surface area contributed by atoms with E-state index in [0.29, 0.717) is 12.0 Å². The summed E-state index contributed by atoms with van der Waals surface area (Å²) >= 11 is 5.91. The minimum atomic E-state index is 0.308. The van der Waals surface area contributed by atoms with Crippen LogP contribution < -0.4 is 0 Å². The Labute approximate surface area is 107 Å². The molecule has 1 heterocycles. The average Bonchev–Trinajstić information content (AvgIpc) is 2.60. The zero-order chi connectivity index (χ0) is 11.7. The highest BCUT2D eigenvalue weighted by Gasteiger charge is 2.35. The predicted octanol–water partition coefficient (Wildman–Crippen LogP) is 4.02. The van der Waals surface area contributed by atoms with Gasteiger partial charge in [-0.05, 0) is 37.0 Å². The minimum absolute atomic E-state index is 0.308. The lowest BCUT2D eigenvalue weighted by molar-refractivity contribution is 0.0571. The van der Waals surface area contributed by atoms with Gasteiger partial charge in [0, 0.05) is 10.9 Å². The van der Waals surface area contributed by atoms with Crippen molar-refractivity contribution in [1.82, 2.24) is 0 Å². The van der Waals surface area contributed by atoms with Crippen LogP contribution >= 0.6 is 11.6 Å². The van der Waals surface area contributed by atoms with Crippen LogP contribution in [0.2, 0.25) is 5.02 Å². The average molecular weight is 250 g/mol. The molecule has 1 aliphatic carbocycles. The van der Waals surface area contributed by atoms with Crippen LogP contribution in [0.4, 0.5) is 0 Å².